The Hall–Kier alpha value is -3.52. The van der Waals surface area contributed by atoms with E-state index in [1.807, 2.05) is 25.1 Å². The number of aromatic nitrogens is 2. The van der Waals surface area contributed by atoms with Crippen molar-refractivity contribution in [1.29, 1.82) is 0 Å². The summed E-state index contributed by atoms with van der Waals surface area (Å²) in [4.78, 5) is 26.6. The predicted octanol–water partition coefficient (Wildman–Crippen LogP) is 2.67. The van der Waals surface area contributed by atoms with E-state index in [2.05, 4.69) is 15.5 Å². The molecule has 1 heterocycles. The first kappa shape index (κ1) is 18.3. The number of hydrogen-bond donors (Lipinski definition) is 3. The lowest BCUT2D eigenvalue weighted by molar-refractivity contribution is 0.0955. The van der Waals surface area contributed by atoms with E-state index in [1.165, 1.54) is 4.57 Å². The topological polar surface area (TPSA) is 99.5 Å². The molecule has 0 fully saturated rings. The molecule has 8 heteroatoms. The van der Waals surface area contributed by atoms with Crippen molar-refractivity contribution >= 4 is 24.3 Å². The van der Waals surface area contributed by atoms with Crippen LogP contribution in [0, 0.1) is 11.7 Å². The number of carbonyl (C=O) groups excluding carboxylic acids is 1. The molecule has 0 saturated carbocycles. The summed E-state index contributed by atoms with van der Waals surface area (Å²) in [5.41, 5.74) is 3.56. The van der Waals surface area contributed by atoms with Crippen LogP contribution in [0.3, 0.4) is 0 Å². The van der Waals surface area contributed by atoms with Gasteiger partial charge in [0.15, 0.2) is 4.77 Å². The highest BCUT2D eigenvalue weighted by atomic mass is 32.1. The summed E-state index contributed by atoms with van der Waals surface area (Å²) in [7, 11) is 0. The Labute approximate surface area is 159 Å². The number of benzene rings is 2. The first-order chi connectivity index (χ1) is 13.0. The summed E-state index contributed by atoms with van der Waals surface area (Å²) in [6, 6.07) is 15.8. The zero-order valence-electron chi connectivity index (χ0n) is 14.3. The second-order valence-electron chi connectivity index (χ2n) is 5.74. The zero-order chi connectivity index (χ0) is 19.4. The quantitative estimate of drug-likeness (QED) is 0.368. The maximum atomic E-state index is 12.2. The van der Waals surface area contributed by atoms with Gasteiger partial charge in [0.2, 0.25) is 5.88 Å². The van der Waals surface area contributed by atoms with Crippen LogP contribution in [-0.4, -0.2) is 26.8 Å². The minimum absolute atomic E-state index is 0.0496. The van der Waals surface area contributed by atoms with Crippen molar-refractivity contribution in [2.24, 2.45) is 5.10 Å². The van der Waals surface area contributed by atoms with Crippen LogP contribution in [0.4, 0.5) is 0 Å². The molecule has 3 rings (SSSR count). The van der Waals surface area contributed by atoms with Gasteiger partial charge < -0.3 is 5.11 Å². The van der Waals surface area contributed by atoms with E-state index in [0.717, 1.165) is 11.8 Å². The van der Waals surface area contributed by atoms with E-state index in [4.69, 9.17) is 12.2 Å². The fourth-order valence-corrected chi connectivity index (χ4v) is 2.76. The molecule has 0 atom stereocenters. The van der Waals surface area contributed by atoms with Crippen molar-refractivity contribution in [3.05, 3.63) is 86.4 Å². The van der Waals surface area contributed by atoms with Gasteiger partial charge in [-0.05, 0) is 49.0 Å². The molecule has 3 aromatic rings. The second-order valence-corrected chi connectivity index (χ2v) is 6.12. The molecule has 0 unspecified atom stereocenters. The molecule has 1 amide bonds. The normalized spacial score (nSPS) is 10.9. The summed E-state index contributed by atoms with van der Waals surface area (Å²) in [5.74, 6) is -0.804. The van der Waals surface area contributed by atoms with Gasteiger partial charge in [-0.15, -0.1) is 0 Å². The third kappa shape index (κ3) is 4.01. The van der Waals surface area contributed by atoms with Gasteiger partial charge in [-0.25, -0.2) is 5.43 Å². The number of aromatic amines is 1. The highest BCUT2D eigenvalue weighted by molar-refractivity contribution is 7.71. The van der Waals surface area contributed by atoms with E-state index in [1.54, 1.807) is 36.4 Å². The van der Waals surface area contributed by atoms with Crippen LogP contribution in [0.5, 0.6) is 5.88 Å². The second kappa shape index (κ2) is 7.79. The van der Waals surface area contributed by atoms with Gasteiger partial charge >= 0.3 is 0 Å². The number of nitrogens with one attached hydrogen (secondary N) is 2. The molecule has 1 aromatic heterocycles. The molecule has 27 heavy (non-hydrogen) atoms. The average Bonchev–Trinajstić information content (AvgIpc) is 2.65. The van der Waals surface area contributed by atoms with Crippen LogP contribution in [0.15, 0.2) is 64.5 Å². The third-order valence-electron chi connectivity index (χ3n) is 3.78. The summed E-state index contributed by atoms with van der Waals surface area (Å²) in [6.07, 6.45) is 1.08. The highest BCUT2D eigenvalue weighted by Gasteiger charge is 2.13. The first-order valence-corrected chi connectivity index (χ1v) is 8.42. The molecule has 0 bridgehead atoms. The van der Waals surface area contributed by atoms with Gasteiger partial charge in [0.05, 0.1) is 11.9 Å². The number of rotatable bonds is 4. The van der Waals surface area contributed by atoms with Crippen LogP contribution in [0.25, 0.3) is 5.69 Å². The molecule has 2 aromatic carbocycles. The lowest BCUT2D eigenvalue weighted by Crippen LogP contribution is -2.21. The van der Waals surface area contributed by atoms with Crippen LogP contribution in [0.1, 0.15) is 21.5 Å². The number of aryl methyl sites for hydroxylation is 1. The SMILES string of the molecule is Cc1cccc(-n2c(O)c(C=NNC(=O)c3ccccc3)c(=O)[nH]c2=S)c1. The smallest absolute Gasteiger partial charge is 0.271 e. The Balaban J connectivity index is 1.94. The summed E-state index contributed by atoms with van der Waals surface area (Å²) in [6.45, 7) is 1.90. The van der Waals surface area contributed by atoms with Gasteiger partial charge in [-0.3, -0.25) is 19.1 Å². The number of H-pyrrole nitrogens is 1. The Morgan fingerprint density at radius 2 is 1.96 bits per heavy atom. The fourth-order valence-electron chi connectivity index (χ4n) is 2.47. The average molecular weight is 380 g/mol. The van der Waals surface area contributed by atoms with Gasteiger partial charge in [-0.1, -0.05) is 30.3 Å². The molecular formula is C19H16N4O3S. The lowest BCUT2D eigenvalue weighted by atomic mass is 10.2. The monoisotopic (exact) mass is 380 g/mol. The largest absolute Gasteiger partial charge is 0.494 e. The maximum absolute atomic E-state index is 12.2. The van der Waals surface area contributed by atoms with Gasteiger partial charge in [0.1, 0.15) is 5.56 Å². The number of hydrazone groups is 1. The maximum Gasteiger partial charge on any atom is 0.271 e. The number of hydrogen-bond acceptors (Lipinski definition) is 5. The van der Waals surface area contributed by atoms with Gasteiger partial charge in [-0.2, -0.15) is 5.10 Å². The van der Waals surface area contributed by atoms with Crippen LogP contribution in [-0.2, 0) is 0 Å². The molecule has 136 valence electrons. The van der Waals surface area contributed by atoms with Gasteiger partial charge in [0, 0.05) is 5.56 Å². The van der Waals surface area contributed by atoms with Crippen molar-refractivity contribution in [2.45, 2.75) is 6.92 Å². The molecule has 0 radical (unpaired) electrons. The molecule has 0 spiro atoms. The molecule has 3 N–H and O–H groups in total. The number of aromatic hydroxyl groups is 1. The van der Waals surface area contributed by atoms with Crippen LogP contribution in [0.2, 0.25) is 0 Å². The molecule has 0 aliphatic carbocycles. The van der Waals surface area contributed by atoms with E-state index in [9.17, 15) is 14.7 Å². The fraction of sp³-hybridized carbons (Fsp3) is 0.0526. The number of carbonyl (C=O) groups is 1. The summed E-state index contributed by atoms with van der Waals surface area (Å²) < 4.78 is 1.37. The van der Waals surface area contributed by atoms with E-state index in [-0.39, 0.29) is 16.2 Å². The van der Waals surface area contributed by atoms with E-state index >= 15 is 0 Å². The minimum Gasteiger partial charge on any atom is -0.494 e. The molecule has 0 saturated heterocycles. The number of nitrogens with zero attached hydrogens (tertiary/aromatic N) is 2. The van der Waals surface area contributed by atoms with Crippen molar-refractivity contribution < 1.29 is 9.90 Å². The minimum atomic E-state index is -0.612. The standard InChI is InChI=1S/C19H16N4O3S/c1-12-6-5-9-14(10-12)23-18(26)15(17(25)21-19(23)27)11-20-22-16(24)13-7-3-2-4-8-13/h2-11,26H,1H3,(H,22,24)(H,21,25,27). The van der Waals surface area contributed by atoms with Crippen molar-refractivity contribution in [1.82, 2.24) is 15.0 Å². The molecule has 7 nitrogen and oxygen atoms in total. The van der Waals surface area contributed by atoms with E-state index < -0.39 is 11.5 Å². The zero-order valence-corrected chi connectivity index (χ0v) is 15.2. The Morgan fingerprint density at radius 1 is 1.22 bits per heavy atom. The molecule has 0 aliphatic rings. The van der Waals surface area contributed by atoms with Crippen molar-refractivity contribution in [2.75, 3.05) is 0 Å². The van der Waals surface area contributed by atoms with Gasteiger partial charge in [0.25, 0.3) is 11.5 Å². The van der Waals surface area contributed by atoms with E-state index in [0.29, 0.717) is 11.3 Å². The van der Waals surface area contributed by atoms with Crippen molar-refractivity contribution in [3.8, 4) is 11.6 Å². The van der Waals surface area contributed by atoms with Crippen LogP contribution >= 0.6 is 12.2 Å². The highest BCUT2D eigenvalue weighted by Crippen LogP contribution is 2.19. The summed E-state index contributed by atoms with van der Waals surface area (Å²) >= 11 is 5.16. The Morgan fingerprint density at radius 3 is 2.67 bits per heavy atom. The molecule has 0 aliphatic heterocycles. The predicted molar refractivity (Wildman–Crippen MR) is 105 cm³/mol. The van der Waals surface area contributed by atoms with Crippen molar-refractivity contribution in [3.63, 3.8) is 0 Å². The first-order valence-electron chi connectivity index (χ1n) is 8.01. The third-order valence-corrected chi connectivity index (χ3v) is 4.06. The summed E-state index contributed by atoms with van der Waals surface area (Å²) in [5, 5.41) is 14.3. The Kier molecular flexibility index (Phi) is 5.28. The van der Waals surface area contributed by atoms with Crippen LogP contribution < -0.4 is 11.0 Å². The molecular weight excluding hydrogens is 364 g/mol. The number of amides is 1. The Bertz CT molecular complexity index is 1130. The lowest BCUT2D eigenvalue weighted by Gasteiger charge is -2.11.